The van der Waals surface area contributed by atoms with Gasteiger partial charge >= 0.3 is 0 Å². The predicted molar refractivity (Wildman–Crippen MR) is 97.7 cm³/mol. The van der Waals surface area contributed by atoms with Crippen molar-refractivity contribution in [3.63, 3.8) is 0 Å². The monoisotopic (exact) mass is 321 g/mol. The highest BCUT2D eigenvalue weighted by molar-refractivity contribution is 5.15. The molecule has 0 amide bonds. The van der Waals surface area contributed by atoms with Crippen LogP contribution < -0.4 is 0 Å². The Morgan fingerprint density at radius 3 is 2.54 bits per heavy atom. The lowest BCUT2D eigenvalue weighted by Crippen LogP contribution is -2.44. The molecule has 2 aromatic rings. The quantitative estimate of drug-likeness (QED) is 0.843. The van der Waals surface area contributed by atoms with Gasteiger partial charge in [-0.2, -0.15) is 0 Å². The number of benzene rings is 1. The maximum Gasteiger partial charge on any atom is 0.0271 e. The van der Waals surface area contributed by atoms with E-state index in [4.69, 9.17) is 0 Å². The maximum atomic E-state index is 4.14. The number of pyridine rings is 1. The molecule has 3 aliphatic heterocycles. The summed E-state index contributed by atoms with van der Waals surface area (Å²) >= 11 is 0. The van der Waals surface area contributed by atoms with Gasteiger partial charge in [-0.25, -0.2) is 0 Å². The fourth-order valence-corrected chi connectivity index (χ4v) is 4.34. The van der Waals surface area contributed by atoms with Gasteiger partial charge in [-0.3, -0.25) is 14.8 Å². The van der Waals surface area contributed by atoms with Gasteiger partial charge in [0.15, 0.2) is 0 Å². The van der Waals surface area contributed by atoms with Gasteiger partial charge in [-0.15, -0.1) is 0 Å². The number of nitrogens with zero attached hydrogens (tertiary/aromatic N) is 3. The average molecular weight is 321 g/mol. The van der Waals surface area contributed by atoms with Crippen molar-refractivity contribution in [2.75, 3.05) is 26.2 Å². The molecule has 3 aliphatic rings. The average Bonchev–Trinajstić information content (AvgIpc) is 2.92. The van der Waals surface area contributed by atoms with Crippen LogP contribution in [0.3, 0.4) is 0 Å². The van der Waals surface area contributed by atoms with E-state index < -0.39 is 0 Å². The maximum absolute atomic E-state index is 4.14. The Hall–Kier alpha value is -1.71. The highest BCUT2D eigenvalue weighted by Crippen LogP contribution is 2.28. The number of hydrogen-bond acceptors (Lipinski definition) is 3. The van der Waals surface area contributed by atoms with Crippen LogP contribution in [0.15, 0.2) is 54.9 Å². The van der Waals surface area contributed by atoms with Gasteiger partial charge < -0.3 is 0 Å². The van der Waals surface area contributed by atoms with E-state index in [1.54, 1.807) is 0 Å². The minimum atomic E-state index is 0.731. The summed E-state index contributed by atoms with van der Waals surface area (Å²) in [6.45, 7) is 6.02. The highest BCUT2D eigenvalue weighted by atomic mass is 15.3. The first-order chi connectivity index (χ1) is 11.9. The van der Waals surface area contributed by atoms with E-state index in [0.29, 0.717) is 0 Å². The van der Waals surface area contributed by atoms with Crippen molar-refractivity contribution in [1.29, 1.82) is 0 Å². The molecule has 1 aromatic carbocycles. The topological polar surface area (TPSA) is 19.4 Å². The first kappa shape index (κ1) is 15.8. The van der Waals surface area contributed by atoms with E-state index in [1.165, 1.54) is 56.6 Å². The summed E-state index contributed by atoms with van der Waals surface area (Å²) in [7, 11) is 0. The van der Waals surface area contributed by atoms with E-state index in [0.717, 1.165) is 18.5 Å². The predicted octanol–water partition coefficient (Wildman–Crippen LogP) is 3.22. The zero-order valence-corrected chi connectivity index (χ0v) is 14.3. The smallest absolute Gasteiger partial charge is 0.0271 e. The van der Waals surface area contributed by atoms with E-state index in [-0.39, 0.29) is 0 Å². The molecule has 0 N–H and O–H groups in total. The molecule has 2 bridgehead atoms. The van der Waals surface area contributed by atoms with Crippen molar-refractivity contribution in [2.45, 2.75) is 31.8 Å². The van der Waals surface area contributed by atoms with Crippen LogP contribution in [-0.4, -0.2) is 47.0 Å². The number of aromatic nitrogens is 1. The van der Waals surface area contributed by atoms with Crippen LogP contribution in [0.4, 0.5) is 0 Å². The first-order valence-electron chi connectivity index (χ1n) is 9.26. The van der Waals surface area contributed by atoms with Crippen LogP contribution in [0, 0.1) is 5.92 Å². The Morgan fingerprint density at radius 2 is 1.71 bits per heavy atom. The van der Waals surface area contributed by atoms with Gasteiger partial charge in [0, 0.05) is 51.2 Å². The Labute approximate surface area is 145 Å². The van der Waals surface area contributed by atoms with Crippen LogP contribution in [0.25, 0.3) is 0 Å². The summed E-state index contributed by atoms with van der Waals surface area (Å²) in [6, 6.07) is 16.0. The van der Waals surface area contributed by atoms with Crippen LogP contribution >= 0.6 is 0 Å². The van der Waals surface area contributed by atoms with Gasteiger partial charge in [0.2, 0.25) is 0 Å². The van der Waals surface area contributed by atoms with Gasteiger partial charge in [0.25, 0.3) is 0 Å². The second-order valence-electron chi connectivity index (χ2n) is 7.38. The molecule has 24 heavy (non-hydrogen) atoms. The number of rotatable bonds is 5. The number of hydrogen-bond donors (Lipinski definition) is 0. The summed E-state index contributed by atoms with van der Waals surface area (Å²) in [4.78, 5) is 9.56. The molecule has 0 aliphatic carbocycles. The lowest BCUT2D eigenvalue weighted by Gasteiger charge is -2.36. The van der Waals surface area contributed by atoms with Gasteiger partial charge in [0.1, 0.15) is 0 Å². The molecule has 3 fully saturated rings. The molecule has 4 heterocycles. The van der Waals surface area contributed by atoms with Crippen molar-refractivity contribution in [2.24, 2.45) is 5.92 Å². The molecule has 0 unspecified atom stereocenters. The van der Waals surface area contributed by atoms with Crippen molar-refractivity contribution >= 4 is 0 Å². The lowest BCUT2D eigenvalue weighted by atomic mass is 9.94. The largest absolute Gasteiger partial charge is 0.298 e. The van der Waals surface area contributed by atoms with Crippen LogP contribution in [0.2, 0.25) is 0 Å². The van der Waals surface area contributed by atoms with Crippen LogP contribution in [-0.2, 0) is 13.0 Å². The Kier molecular flexibility index (Phi) is 4.91. The molecular formula is C21H27N3. The zero-order valence-electron chi connectivity index (χ0n) is 14.3. The van der Waals surface area contributed by atoms with Gasteiger partial charge in [-0.1, -0.05) is 30.3 Å². The fraction of sp³-hybridized carbons (Fsp3) is 0.476. The van der Waals surface area contributed by atoms with Crippen LogP contribution in [0.1, 0.15) is 24.0 Å². The molecule has 1 aromatic heterocycles. The molecule has 0 radical (unpaired) electrons. The molecule has 3 saturated heterocycles. The second kappa shape index (κ2) is 7.45. The molecule has 3 nitrogen and oxygen atoms in total. The van der Waals surface area contributed by atoms with Crippen molar-refractivity contribution in [1.82, 2.24) is 14.8 Å². The molecule has 2 atom stereocenters. The van der Waals surface area contributed by atoms with Crippen molar-refractivity contribution in [3.05, 3.63) is 66.0 Å². The third-order valence-electron chi connectivity index (χ3n) is 5.59. The summed E-state index contributed by atoms with van der Waals surface area (Å²) in [5, 5.41) is 0. The van der Waals surface area contributed by atoms with Gasteiger partial charge in [0.05, 0.1) is 0 Å². The zero-order chi connectivity index (χ0) is 16.2. The van der Waals surface area contributed by atoms with Gasteiger partial charge in [-0.05, 0) is 48.4 Å². The molecule has 5 rings (SSSR count). The Bertz CT molecular complexity index is 628. The number of piperidine rings is 1. The van der Waals surface area contributed by atoms with E-state index in [2.05, 4.69) is 57.2 Å². The molecule has 0 saturated carbocycles. The minimum absolute atomic E-state index is 0.731. The summed E-state index contributed by atoms with van der Waals surface area (Å²) in [5.74, 6) is 0.835. The normalized spacial score (nSPS) is 24.8. The minimum Gasteiger partial charge on any atom is -0.298 e. The van der Waals surface area contributed by atoms with Crippen LogP contribution in [0.5, 0.6) is 0 Å². The summed E-state index contributed by atoms with van der Waals surface area (Å²) < 4.78 is 0. The molecule has 3 heteroatoms. The summed E-state index contributed by atoms with van der Waals surface area (Å²) in [6.07, 6.45) is 7.77. The van der Waals surface area contributed by atoms with E-state index >= 15 is 0 Å². The van der Waals surface area contributed by atoms with E-state index in [9.17, 15) is 0 Å². The van der Waals surface area contributed by atoms with Crippen molar-refractivity contribution < 1.29 is 0 Å². The number of fused-ring (bicyclic) bond motifs is 4. The Balaban J connectivity index is 1.37. The standard InChI is InChI=1S/C21H27N3/c1-2-4-18(5-3-1)10-13-24-16-20-6-7-21(24)17-23(15-20)14-19-8-11-22-12-9-19/h1-5,8-9,11-12,20-21H,6-7,10,13-17H2/t20-,21+/m1/s1. The van der Waals surface area contributed by atoms with E-state index in [1.807, 2.05) is 12.4 Å². The third kappa shape index (κ3) is 3.85. The van der Waals surface area contributed by atoms with Crippen molar-refractivity contribution in [3.8, 4) is 0 Å². The highest BCUT2D eigenvalue weighted by Gasteiger charge is 2.34. The summed E-state index contributed by atoms with van der Waals surface area (Å²) in [5.41, 5.74) is 2.85. The Morgan fingerprint density at radius 1 is 0.875 bits per heavy atom. The fourth-order valence-electron chi connectivity index (χ4n) is 4.34. The lowest BCUT2D eigenvalue weighted by molar-refractivity contribution is 0.132. The second-order valence-corrected chi connectivity index (χ2v) is 7.38. The molecule has 0 spiro atoms. The first-order valence-corrected chi connectivity index (χ1v) is 9.26. The SMILES string of the molecule is c1ccc(CCN2C[C@@H]3CC[C@H]2CN(Cc2ccncc2)C3)cc1. The molecule has 126 valence electrons. The molecular weight excluding hydrogens is 294 g/mol. The third-order valence-corrected chi connectivity index (χ3v) is 5.59.